The molecule has 0 spiro atoms. The highest BCUT2D eigenvalue weighted by atomic mass is 16.5. The fourth-order valence-corrected chi connectivity index (χ4v) is 2.12. The third kappa shape index (κ3) is 3.29. The van der Waals surface area contributed by atoms with E-state index in [1.165, 1.54) is 12.3 Å². The number of unbranched alkanes of at least 4 members (excludes halogenated alkanes) is 1. The summed E-state index contributed by atoms with van der Waals surface area (Å²) in [6.07, 6.45) is 2.49. The lowest BCUT2D eigenvalue weighted by Gasteiger charge is -2.18. The standard InChI is InChI=1S/C13H16N3O5/c14-4-2-1-3-8-6-16(13(20)15-11(8)19)12-10(18)5-9(7-17)21-12/h5-7,10,12,14,18H,1-4H2,(H,15,19,20)/q-1. The lowest BCUT2D eigenvalue weighted by atomic mass is 10.1. The summed E-state index contributed by atoms with van der Waals surface area (Å²) in [6, 6.07) is 0. The number of nitrogens with one attached hydrogen (secondary N) is 2. The number of aldehydes is 1. The predicted octanol–water partition coefficient (Wildman–Crippen LogP) is -0.116. The quantitative estimate of drug-likeness (QED) is 0.559. The normalized spacial score (nSPS) is 21.0. The van der Waals surface area contributed by atoms with Crippen LogP contribution in [0, 0.1) is 0 Å². The zero-order valence-corrected chi connectivity index (χ0v) is 11.2. The van der Waals surface area contributed by atoms with Gasteiger partial charge in [0.2, 0.25) is 6.23 Å². The molecule has 0 saturated carbocycles. The minimum atomic E-state index is -1.14. The van der Waals surface area contributed by atoms with E-state index in [4.69, 9.17) is 10.5 Å². The van der Waals surface area contributed by atoms with Crippen LogP contribution in [-0.2, 0) is 16.0 Å². The Balaban J connectivity index is 2.28. The molecule has 21 heavy (non-hydrogen) atoms. The van der Waals surface area contributed by atoms with Crippen molar-refractivity contribution in [2.75, 3.05) is 6.54 Å². The Hall–Kier alpha value is -2.19. The first-order valence-corrected chi connectivity index (χ1v) is 6.57. The van der Waals surface area contributed by atoms with E-state index >= 15 is 0 Å². The molecule has 1 aromatic heterocycles. The molecular formula is C13H16N3O5-. The molecule has 1 aliphatic rings. The van der Waals surface area contributed by atoms with Gasteiger partial charge in [0, 0.05) is 11.8 Å². The maximum atomic E-state index is 11.8. The first-order chi connectivity index (χ1) is 10.1. The van der Waals surface area contributed by atoms with Gasteiger partial charge >= 0.3 is 5.69 Å². The van der Waals surface area contributed by atoms with Gasteiger partial charge in [-0.25, -0.2) is 4.79 Å². The van der Waals surface area contributed by atoms with Gasteiger partial charge in [0.05, 0.1) is 0 Å². The number of carbonyl (C=O) groups is 1. The summed E-state index contributed by atoms with van der Waals surface area (Å²) in [5.41, 5.74) is 6.24. The molecule has 2 atom stereocenters. The molecule has 0 aliphatic carbocycles. The summed E-state index contributed by atoms with van der Waals surface area (Å²) in [6.45, 7) is 0.272. The number of carbonyl (C=O) groups excluding carboxylic acids is 1. The number of allylic oxidation sites excluding steroid dienone is 1. The van der Waals surface area contributed by atoms with E-state index in [9.17, 15) is 19.5 Å². The number of aliphatic hydroxyl groups is 1. The first-order valence-electron chi connectivity index (χ1n) is 6.57. The van der Waals surface area contributed by atoms with Gasteiger partial charge < -0.3 is 15.6 Å². The molecule has 2 unspecified atom stereocenters. The molecule has 8 nitrogen and oxygen atoms in total. The zero-order chi connectivity index (χ0) is 15.4. The summed E-state index contributed by atoms with van der Waals surface area (Å²) in [7, 11) is 0. The average molecular weight is 294 g/mol. The van der Waals surface area contributed by atoms with Crippen molar-refractivity contribution in [1.29, 1.82) is 0 Å². The Labute approximate surface area is 119 Å². The summed E-state index contributed by atoms with van der Waals surface area (Å²) >= 11 is 0. The van der Waals surface area contributed by atoms with E-state index in [2.05, 4.69) is 4.98 Å². The third-order valence-electron chi connectivity index (χ3n) is 3.19. The van der Waals surface area contributed by atoms with Crippen molar-refractivity contribution in [3.8, 4) is 0 Å². The summed E-state index contributed by atoms with van der Waals surface area (Å²) in [5.74, 6) is -0.0543. The first kappa shape index (κ1) is 15.2. The van der Waals surface area contributed by atoms with E-state index in [0.717, 1.165) is 4.57 Å². The van der Waals surface area contributed by atoms with Crippen molar-refractivity contribution in [3.63, 3.8) is 0 Å². The van der Waals surface area contributed by atoms with Crippen LogP contribution >= 0.6 is 0 Å². The number of ether oxygens (including phenoxy) is 1. The van der Waals surface area contributed by atoms with E-state index < -0.39 is 23.6 Å². The Kier molecular flexibility index (Phi) is 4.71. The average Bonchev–Trinajstić information content (AvgIpc) is 2.82. The van der Waals surface area contributed by atoms with Crippen LogP contribution in [0.2, 0.25) is 0 Å². The van der Waals surface area contributed by atoms with Crippen molar-refractivity contribution >= 4 is 6.29 Å². The van der Waals surface area contributed by atoms with E-state index in [1.54, 1.807) is 0 Å². The number of aliphatic hydroxyl groups excluding tert-OH is 1. The molecular weight excluding hydrogens is 278 g/mol. The minimum Gasteiger partial charge on any atom is -0.677 e. The number of aromatic nitrogens is 2. The fraction of sp³-hybridized carbons (Fsp3) is 0.462. The van der Waals surface area contributed by atoms with Crippen LogP contribution in [0.5, 0.6) is 0 Å². The fourth-order valence-electron chi connectivity index (χ4n) is 2.12. The van der Waals surface area contributed by atoms with Crippen LogP contribution in [0.3, 0.4) is 0 Å². The summed E-state index contributed by atoms with van der Waals surface area (Å²) < 4.78 is 6.23. The predicted molar refractivity (Wildman–Crippen MR) is 73.7 cm³/mol. The van der Waals surface area contributed by atoms with Gasteiger partial charge in [-0.3, -0.25) is 19.1 Å². The molecule has 8 heteroatoms. The smallest absolute Gasteiger partial charge is 0.331 e. The van der Waals surface area contributed by atoms with Crippen LogP contribution in [0.1, 0.15) is 24.6 Å². The maximum absolute atomic E-state index is 11.8. The SMILES string of the molecule is [NH-]CCCCc1cn(C2OC(C=O)=CC2O)c(=O)[nH]c1=O. The molecule has 0 radical (unpaired) electrons. The van der Waals surface area contributed by atoms with Crippen LogP contribution in [0.25, 0.3) is 5.73 Å². The number of aromatic amines is 1. The highest BCUT2D eigenvalue weighted by Crippen LogP contribution is 2.24. The van der Waals surface area contributed by atoms with Crippen molar-refractivity contribution in [3.05, 3.63) is 50.2 Å². The van der Waals surface area contributed by atoms with Crippen LogP contribution in [-0.4, -0.2) is 33.6 Å². The van der Waals surface area contributed by atoms with Crippen molar-refractivity contribution in [1.82, 2.24) is 9.55 Å². The van der Waals surface area contributed by atoms with Gasteiger partial charge in [0.15, 0.2) is 12.0 Å². The Morgan fingerprint density at radius 2 is 2.19 bits per heavy atom. The van der Waals surface area contributed by atoms with Crippen molar-refractivity contribution < 1.29 is 14.6 Å². The molecule has 3 N–H and O–H groups in total. The number of rotatable bonds is 6. The maximum Gasteiger partial charge on any atom is 0.331 e. The van der Waals surface area contributed by atoms with E-state index in [-0.39, 0.29) is 12.3 Å². The van der Waals surface area contributed by atoms with Crippen LogP contribution in [0.4, 0.5) is 0 Å². The van der Waals surface area contributed by atoms with Crippen molar-refractivity contribution in [2.45, 2.75) is 31.6 Å². The molecule has 0 aromatic carbocycles. The van der Waals surface area contributed by atoms with Gasteiger partial charge in [0.1, 0.15) is 6.10 Å². The Bertz CT molecular complexity index is 661. The monoisotopic (exact) mass is 294 g/mol. The molecule has 1 aromatic rings. The van der Waals surface area contributed by atoms with E-state index in [0.29, 0.717) is 31.1 Å². The van der Waals surface area contributed by atoms with Gasteiger partial charge in [-0.2, -0.15) is 6.54 Å². The van der Waals surface area contributed by atoms with E-state index in [1.807, 2.05) is 0 Å². The highest BCUT2D eigenvalue weighted by Gasteiger charge is 2.30. The number of aryl methyl sites for hydroxylation is 1. The second kappa shape index (κ2) is 6.51. The number of hydrogen-bond acceptors (Lipinski definition) is 5. The zero-order valence-electron chi connectivity index (χ0n) is 11.2. The largest absolute Gasteiger partial charge is 0.677 e. The van der Waals surface area contributed by atoms with Gasteiger partial charge in [-0.15, -0.1) is 0 Å². The minimum absolute atomic E-state index is 0.0543. The summed E-state index contributed by atoms with van der Waals surface area (Å²) in [4.78, 5) is 36.3. The molecule has 0 saturated heterocycles. The number of H-pyrrole nitrogens is 1. The number of hydrogen-bond donors (Lipinski definition) is 2. The molecule has 2 heterocycles. The Morgan fingerprint density at radius 1 is 1.43 bits per heavy atom. The Morgan fingerprint density at radius 3 is 2.81 bits per heavy atom. The second-order valence-corrected chi connectivity index (χ2v) is 4.71. The van der Waals surface area contributed by atoms with Gasteiger partial charge in [-0.05, 0) is 12.5 Å². The molecule has 0 bridgehead atoms. The van der Waals surface area contributed by atoms with Crippen LogP contribution in [0.15, 0.2) is 27.6 Å². The molecule has 2 rings (SSSR count). The molecule has 0 fully saturated rings. The molecule has 114 valence electrons. The lowest BCUT2D eigenvalue weighted by Crippen LogP contribution is -2.37. The van der Waals surface area contributed by atoms with Gasteiger partial charge in [0.25, 0.3) is 5.56 Å². The van der Waals surface area contributed by atoms with Crippen molar-refractivity contribution in [2.24, 2.45) is 0 Å². The third-order valence-corrected chi connectivity index (χ3v) is 3.19. The summed E-state index contributed by atoms with van der Waals surface area (Å²) in [5, 5.41) is 9.81. The topological polar surface area (TPSA) is 125 Å². The van der Waals surface area contributed by atoms with Crippen LogP contribution < -0.4 is 11.2 Å². The lowest BCUT2D eigenvalue weighted by molar-refractivity contribution is -0.109. The number of nitrogens with zero attached hydrogens (tertiary/aromatic N) is 1. The molecule has 0 amide bonds. The molecule has 1 aliphatic heterocycles. The second-order valence-electron chi connectivity index (χ2n) is 4.71. The van der Waals surface area contributed by atoms with Gasteiger partial charge in [-0.1, -0.05) is 12.8 Å². The highest BCUT2D eigenvalue weighted by molar-refractivity contribution is 5.71.